The molecule has 0 aliphatic carbocycles. The molecule has 37 heavy (non-hydrogen) atoms. The molecule has 2 unspecified atom stereocenters. The van der Waals surface area contributed by atoms with Crippen molar-refractivity contribution in [2.45, 2.75) is 31.7 Å². The molecule has 3 heterocycles. The Balaban J connectivity index is 1.25. The predicted molar refractivity (Wildman–Crippen MR) is 143 cm³/mol. The SMILES string of the molecule is COc1ccc(CCNC(=O)C2Cc3ccccc3N3CCN(CC(=O)N4CCCC4)CC23)cc1OC. The van der Waals surface area contributed by atoms with Crippen molar-refractivity contribution >= 4 is 17.5 Å². The number of para-hydroxylation sites is 1. The quantitative estimate of drug-likeness (QED) is 0.593. The zero-order valence-electron chi connectivity index (χ0n) is 21.9. The molecule has 1 N–H and O–H groups in total. The molecule has 0 saturated carbocycles. The number of anilines is 1. The number of methoxy groups -OCH3 is 2. The van der Waals surface area contributed by atoms with E-state index in [1.165, 1.54) is 11.3 Å². The third kappa shape index (κ3) is 5.54. The summed E-state index contributed by atoms with van der Waals surface area (Å²) in [5, 5.41) is 3.20. The van der Waals surface area contributed by atoms with E-state index < -0.39 is 0 Å². The van der Waals surface area contributed by atoms with E-state index >= 15 is 0 Å². The van der Waals surface area contributed by atoms with Crippen LogP contribution in [0.25, 0.3) is 0 Å². The highest BCUT2D eigenvalue weighted by atomic mass is 16.5. The second kappa shape index (κ2) is 11.4. The smallest absolute Gasteiger partial charge is 0.236 e. The van der Waals surface area contributed by atoms with Crippen molar-refractivity contribution in [1.29, 1.82) is 0 Å². The molecule has 0 radical (unpaired) electrons. The number of amides is 2. The third-order valence-electron chi connectivity index (χ3n) is 8.02. The Hall–Kier alpha value is -3.26. The van der Waals surface area contributed by atoms with Gasteiger partial charge in [-0.3, -0.25) is 14.5 Å². The summed E-state index contributed by atoms with van der Waals surface area (Å²) >= 11 is 0. The maximum atomic E-state index is 13.5. The number of hydrogen-bond donors (Lipinski definition) is 1. The van der Waals surface area contributed by atoms with Gasteiger partial charge in [0.2, 0.25) is 11.8 Å². The fraction of sp³-hybridized carbons (Fsp3) is 0.517. The Labute approximate surface area is 219 Å². The Kier molecular flexibility index (Phi) is 7.84. The van der Waals surface area contributed by atoms with Crippen LogP contribution in [0, 0.1) is 5.92 Å². The average Bonchev–Trinajstić information content (AvgIpc) is 3.48. The number of likely N-dealkylation sites (tertiary alicyclic amines) is 1. The van der Waals surface area contributed by atoms with Crippen LogP contribution in [0.2, 0.25) is 0 Å². The van der Waals surface area contributed by atoms with Gasteiger partial charge in [0.05, 0.1) is 32.7 Å². The zero-order chi connectivity index (χ0) is 25.8. The number of nitrogens with one attached hydrogen (secondary N) is 1. The summed E-state index contributed by atoms with van der Waals surface area (Å²) in [6, 6.07) is 14.3. The topological polar surface area (TPSA) is 74.4 Å². The molecule has 198 valence electrons. The third-order valence-corrected chi connectivity index (χ3v) is 8.02. The van der Waals surface area contributed by atoms with E-state index in [0.717, 1.165) is 51.1 Å². The molecule has 3 aliphatic heterocycles. The highest BCUT2D eigenvalue weighted by Crippen LogP contribution is 2.36. The highest BCUT2D eigenvalue weighted by molar-refractivity contribution is 5.82. The first-order valence-electron chi connectivity index (χ1n) is 13.4. The van der Waals surface area contributed by atoms with Gasteiger partial charge < -0.3 is 24.6 Å². The molecule has 2 amide bonds. The fourth-order valence-corrected chi connectivity index (χ4v) is 6.02. The second-order valence-corrected chi connectivity index (χ2v) is 10.3. The van der Waals surface area contributed by atoms with E-state index in [0.29, 0.717) is 37.4 Å². The number of nitrogens with zero attached hydrogens (tertiary/aromatic N) is 3. The molecule has 2 atom stereocenters. The lowest BCUT2D eigenvalue weighted by Gasteiger charge is -2.49. The van der Waals surface area contributed by atoms with Gasteiger partial charge in [0.15, 0.2) is 11.5 Å². The molecular formula is C29H38N4O4. The number of carbonyl (C=O) groups is 2. The highest BCUT2D eigenvalue weighted by Gasteiger charge is 2.41. The summed E-state index contributed by atoms with van der Waals surface area (Å²) in [5.74, 6) is 1.53. The van der Waals surface area contributed by atoms with Gasteiger partial charge >= 0.3 is 0 Å². The number of ether oxygens (including phenoxy) is 2. The Morgan fingerprint density at radius 3 is 2.54 bits per heavy atom. The first-order chi connectivity index (χ1) is 18.1. The van der Waals surface area contributed by atoms with Crippen LogP contribution in [0.4, 0.5) is 5.69 Å². The van der Waals surface area contributed by atoms with Crippen molar-refractivity contribution in [3.8, 4) is 11.5 Å². The normalized spacial score (nSPS) is 21.2. The summed E-state index contributed by atoms with van der Waals surface area (Å²) in [7, 11) is 3.25. The van der Waals surface area contributed by atoms with Crippen molar-refractivity contribution in [1.82, 2.24) is 15.1 Å². The number of carbonyl (C=O) groups excluding carboxylic acids is 2. The second-order valence-electron chi connectivity index (χ2n) is 10.3. The molecule has 0 aromatic heterocycles. The van der Waals surface area contributed by atoms with Crippen LogP contribution in [0.5, 0.6) is 11.5 Å². The maximum Gasteiger partial charge on any atom is 0.236 e. The van der Waals surface area contributed by atoms with Gasteiger partial charge in [-0.2, -0.15) is 0 Å². The van der Waals surface area contributed by atoms with Crippen LogP contribution in [0.1, 0.15) is 24.0 Å². The lowest BCUT2D eigenvalue weighted by Crippen LogP contribution is -2.62. The van der Waals surface area contributed by atoms with E-state index in [1.807, 2.05) is 23.1 Å². The van der Waals surface area contributed by atoms with Gasteiger partial charge in [-0.25, -0.2) is 0 Å². The van der Waals surface area contributed by atoms with Crippen LogP contribution in [0.3, 0.4) is 0 Å². The largest absolute Gasteiger partial charge is 0.493 e. The van der Waals surface area contributed by atoms with Crippen LogP contribution in [0.15, 0.2) is 42.5 Å². The van der Waals surface area contributed by atoms with Crippen LogP contribution in [-0.2, 0) is 22.4 Å². The number of benzene rings is 2. The molecule has 5 rings (SSSR count). The molecule has 8 nitrogen and oxygen atoms in total. The molecule has 0 spiro atoms. The maximum absolute atomic E-state index is 13.5. The van der Waals surface area contributed by atoms with E-state index in [2.05, 4.69) is 39.4 Å². The molecule has 2 aromatic rings. The lowest BCUT2D eigenvalue weighted by atomic mass is 9.83. The molecule has 2 fully saturated rings. The first kappa shape index (κ1) is 25.4. The minimum atomic E-state index is -0.162. The molecule has 2 aromatic carbocycles. The summed E-state index contributed by atoms with van der Waals surface area (Å²) in [6.07, 6.45) is 3.63. The number of piperazine rings is 1. The van der Waals surface area contributed by atoms with Gasteiger partial charge in [0.1, 0.15) is 0 Å². The average molecular weight is 507 g/mol. The number of rotatable bonds is 8. The Morgan fingerprint density at radius 1 is 0.973 bits per heavy atom. The monoisotopic (exact) mass is 506 g/mol. The summed E-state index contributed by atoms with van der Waals surface area (Å²) in [4.78, 5) is 33.0. The molecule has 3 aliphatic rings. The summed E-state index contributed by atoms with van der Waals surface area (Å²) in [5.41, 5.74) is 3.53. The molecular weight excluding hydrogens is 468 g/mol. The minimum absolute atomic E-state index is 0.0520. The Morgan fingerprint density at radius 2 is 1.76 bits per heavy atom. The van der Waals surface area contributed by atoms with Crippen molar-refractivity contribution in [3.63, 3.8) is 0 Å². The van der Waals surface area contributed by atoms with Crippen molar-refractivity contribution in [2.75, 3.05) is 64.9 Å². The number of hydrogen-bond acceptors (Lipinski definition) is 6. The Bertz CT molecular complexity index is 1120. The fourth-order valence-electron chi connectivity index (χ4n) is 6.02. The minimum Gasteiger partial charge on any atom is -0.493 e. The van der Waals surface area contributed by atoms with E-state index in [9.17, 15) is 9.59 Å². The van der Waals surface area contributed by atoms with Gasteiger partial charge in [0.25, 0.3) is 0 Å². The summed E-state index contributed by atoms with van der Waals surface area (Å²) < 4.78 is 10.7. The zero-order valence-corrected chi connectivity index (χ0v) is 21.9. The predicted octanol–water partition coefficient (Wildman–Crippen LogP) is 2.35. The van der Waals surface area contributed by atoms with Crippen LogP contribution in [-0.4, -0.2) is 87.7 Å². The van der Waals surface area contributed by atoms with Gasteiger partial charge in [-0.15, -0.1) is 0 Å². The van der Waals surface area contributed by atoms with Crippen molar-refractivity contribution in [3.05, 3.63) is 53.6 Å². The standard InChI is InChI=1S/C29H38N4O4/c1-36-26-10-9-21(17-27(26)37-2)11-12-30-29(35)23-18-22-7-3-4-8-24(22)33-16-15-31(19-25(23)33)20-28(34)32-13-5-6-14-32/h3-4,7-10,17,23,25H,5-6,11-16,18-20H2,1-2H3,(H,30,35). The van der Waals surface area contributed by atoms with Crippen LogP contribution >= 0.6 is 0 Å². The molecule has 2 saturated heterocycles. The summed E-state index contributed by atoms with van der Waals surface area (Å²) in [6.45, 7) is 5.13. The van der Waals surface area contributed by atoms with Gasteiger partial charge in [-0.1, -0.05) is 24.3 Å². The lowest BCUT2D eigenvalue weighted by molar-refractivity contribution is -0.131. The molecule has 8 heteroatoms. The van der Waals surface area contributed by atoms with Gasteiger partial charge in [-0.05, 0) is 55.0 Å². The van der Waals surface area contributed by atoms with E-state index in [-0.39, 0.29) is 23.8 Å². The number of fused-ring (bicyclic) bond motifs is 3. The van der Waals surface area contributed by atoms with Crippen LogP contribution < -0.4 is 19.7 Å². The van der Waals surface area contributed by atoms with E-state index in [4.69, 9.17) is 9.47 Å². The van der Waals surface area contributed by atoms with Crippen molar-refractivity contribution < 1.29 is 19.1 Å². The van der Waals surface area contributed by atoms with Crippen molar-refractivity contribution in [2.24, 2.45) is 5.92 Å². The van der Waals surface area contributed by atoms with E-state index in [1.54, 1.807) is 14.2 Å². The van der Waals surface area contributed by atoms with Gasteiger partial charge in [0, 0.05) is 45.0 Å². The first-order valence-corrected chi connectivity index (χ1v) is 13.4. The molecule has 0 bridgehead atoms.